The number of nitrogens with zero attached hydrogens (tertiary/aromatic N) is 2. The molecule has 1 aliphatic heterocycles. The van der Waals surface area contributed by atoms with Crippen molar-refractivity contribution in [2.75, 3.05) is 46.4 Å². The van der Waals surface area contributed by atoms with E-state index in [-0.39, 0.29) is 23.1 Å². The summed E-state index contributed by atoms with van der Waals surface area (Å²) in [7, 11) is 2.22. The zero-order valence-electron chi connectivity index (χ0n) is 13.0. The smallest absolute Gasteiger partial charge is 0.410 e. The summed E-state index contributed by atoms with van der Waals surface area (Å²) < 4.78 is 5.97. The minimum atomic E-state index is -0.178. The maximum absolute atomic E-state index is 11.6. The number of carbonyl (C=O) groups excluding carboxylic acids is 1. The van der Waals surface area contributed by atoms with Crippen molar-refractivity contribution in [3.05, 3.63) is 0 Å². The van der Waals surface area contributed by atoms with E-state index in [1.54, 1.807) is 4.90 Å². The summed E-state index contributed by atoms with van der Waals surface area (Å²) in [6, 6.07) is 0. The van der Waals surface area contributed by atoms with Crippen molar-refractivity contribution in [2.45, 2.75) is 33.1 Å². The third kappa shape index (κ3) is 6.62. The minimum Gasteiger partial charge on any atom is -1.00 e. The highest BCUT2D eigenvalue weighted by Crippen LogP contribution is 2.10. The Labute approximate surface area is 133 Å². The Morgan fingerprint density at radius 3 is 2.45 bits per heavy atom. The topological polar surface area (TPSA) is 29.5 Å². The average Bonchev–Trinajstić information content (AvgIpc) is 2.39. The molecule has 0 N–H and O–H groups in total. The maximum Gasteiger partial charge on any atom is 0.410 e. The van der Waals surface area contributed by atoms with Gasteiger partial charge in [0.2, 0.25) is 0 Å². The minimum absolute atomic E-state index is 0. The lowest BCUT2D eigenvalue weighted by molar-refractivity contribution is -0.906. The highest BCUT2D eigenvalue weighted by Gasteiger charge is 2.30. The normalized spacial score (nSPS) is 16.6. The number of likely N-dealkylation sites (N-methyl/N-ethyl adjacent to an activating group) is 1. The van der Waals surface area contributed by atoms with Gasteiger partial charge in [-0.15, -0.1) is 0 Å². The number of piperazine rings is 1. The first-order chi connectivity index (χ1) is 9.11. The molecule has 0 spiro atoms. The number of carbonyl (C=O) groups is 1. The fourth-order valence-electron chi connectivity index (χ4n) is 2.10. The third-order valence-electron chi connectivity index (χ3n) is 3.59. The van der Waals surface area contributed by atoms with Crippen molar-refractivity contribution in [2.24, 2.45) is 0 Å². The van der Waals surface area contributed by atoms with Gasteiger partial charge in [0.1, 0.15) is 6.54 Å². The molecule has 0 aliphatic carbocycles. The van der Waals surface area contributed by atoms with Gasteiger partial charge in [0.15, 0.2) is 0 Å². The van der Waals surface area contributed by atoms with Crippen LogP contribution in [0.5, 0.6) is 0 Å². The van der Waals surface area contributed by atoms with Crippen molar-refractivity contribution in [3.8, 4) is 11.8 Å². The molecule has 0 atom stereocenters. The zero-order valence-corrected chi connectivity index (χ0v) is 14.5. The highest BCUT2D eigenvalue weighted by atomic mass is 79.9. The van der Waals surface area contributed by atoms with Gasteiger partial charge in [0.25, 0.3) is 0 Å². The van der Waals surface area contributed by atoms with E-state index in [0.29, 0.717) is 6.61 Å². The maximum atomic E-state index is 11.6. The van der Waals surface area contributed by atoms with Crippen LogP contribution in [0.4, 0.5) is 4.79 Å². The monoisotopic (exact) mass is 346 g/mol. The Bertz CT molecular complexity index is 342. The van der Waals surface area contributed by atoms with Crippen LogP contribution in [0.1, 0.15) is 33.1 Å². The van der Waals surface area contributed by atoms with Gasteiger partial charge >= 0.3 is 6.09 Å². The predicted octanol–water partition coefficient (Wildman–Crippen LogP) is -0.897. The molecule has 1 fully saturated rings. The van der Waals surface area contributed by atoms with Gasteiger partial charge in [-0.1, -0.05) is 19.3 Å². The van der Waals surface area contributed by atoms with Gasteiger partial charge in [-0.05, 0) is 19.3 Å². The lowest BCUT2D eigenvalue weighted by Gasteiger charge is -2.40. The van der Waals surface area contributed by atoms with Crippen LogP contribution >= 0.6 is 0 Å². The van der Waals surface area contributed by atoms with Gasteiger partial charge in [-0.3, -0.25) is 4.90 Å². The van der Waals surface area contributed by atoms with Gasteiger partial charge in [0.05, 0.1) is 39.8 Å². The van der Waals surface area contributed by atoms with Crippen molar-refractivity contribution < 1.29 is 31.0 Å². The van der Waals surface area contributed by atoms with Crippen LogP contribution in [-0.4, -0.2) is 61.9 Å². The molecule has 0 aromatic heterocycles. The van der Waals surface area contributed by atoms with Crippen LogP contribution in [-0.2, 0) is 4.74 Å². The summed E-state index contributed by atoms with van der Waals surface area (Å²) in [4.78, 5) is 13.4. The molecule has 5 heteroatoms. The Kier molecular flexibility index (Phi) is 9.70. The van der Waals surface area contributed by atoms with Crippen LogP contribution in [0, 0.1) is 11.8 Å². The third-order valence-corrected chi connectivity index (χ3v) is 3.59. The molecule has 4 nitrogen and oxygen atoms in total. The first-order valence-corrected chi connectivity index (χ1v) is 7.32. The second kappa shape index (κ2) is 10.1. The summed E-state index contributed by atoms with van der Waals surface area (Å²) in [5.41, 5.74) is 0. The fraction of sp³-hybridized carbons (Fsp3) is 0.800. The molecular formula is C15H27BrN2O2. The molecule has 20 heavy (non-hydrogen) atoms. The van der Waals surface area contributed by atoms with E-state index >= 15 is 0 Å². The van der Waals surface area contributed by atoms with Gasteiger partial charge in [-0.25, -0.2) is 4.79 Å². The van der Waals surface area contributed by atoms with E-state index in [9.17, 15) is 4.79 Å². The first kappa shape index (κ1) is 19.3. The van der Waals surface area contributed by atoms with Crippen LogP contribution < -0.4 is 17.0 Å². The number of rotatable bonds is 4. The summed E-state index contributed by atoms with van der Waals surface area (Å²) in [6.07, 6.45) is 3.22. The SMILES string of the molecule is CCCCC#CC[N+]1(C)CCN(C(=O)OCC)CC1.[Br-]. The fourth-order valence-corrected chi connectivity index (χ4v) is 2.10. The van der Waals surface area contributed by atoms with E-state index in [0.717, 1.165) is 43.6 Å². The molecule has 1 amide bonds. The molecule has 1 heterocycles. The summed E-state index contributed by atoms with van der Waals surface area (Å²) in [5, 5.41) is 0. The molecule has 0 saturated carbocycles. The van der Waals surface area contributed by atoms with Crippen molar-refractivity contribution >= 4 is 6.09 Å². The quantitative estimate of drug-likeness (QED) is 0.375. The lowest BCUT2D eigenvalue weighted by atomic mass is 10.2. The largest absolute Gasteiger partial charge is 1.00 e. The zero-order chi connectivity index (χ0) is 14.1. The molecular weight excluding hydrogens is 320 g/mol. The molecule has 116 valence electrons. The number of halogens is 1. The molecule has 1 saturated heterocycles. The average molecular weight is 347 g/mol. The first-order valence-electron chi connectivity index (χ1n) is 7.32. The van der Waals surface area contributed by atoms with Gasteiger partial charge in [0, 0.05) is 6.42 Å². The Balaban J connectivity index is 0.00000361. The second-order valence-electron chi connectivity index (χ2n) is 5.37. The van der Waals surface area contributed by atoms with Crippen LogP contribution in [0.25, 0.3) is 0 Å². The standard InChI is InChI=1S/C15H27N2O2.BrH/c1-4-6-7-8-9-12-17(3)13-10-16(11-14-17)15(18)19-5-2;/h4-7,10-14H2,1-3H3;1H/q+1;/p-1. The van der Waals surface area contributed by atoms with E-state index in [2.05, 4.69) is 25.8 Å². The number of hydrogen-bond donors (Lipinski definition) is 0. The van der Waals surface area contributed by atoms with E-state index < -0.39 is 0 Å². The molecule has 0 aromatic carbocycles. The number of amides is 1. The van der Waals surface area contributed by atoms with Gasteiger partial charge < -0.3 is 26.2 Å². The number of hydrogen-bond acceptors (Lipinski definition) is 2. The molecule has 0 bridgehead atoms. The van der Waals surface area contributed by atoms with E-state index in [4.69, 9.17) is 4.74 Å². The van der Waals surface area contributed by atoms with Crippen molar-refractivity contribution in [3.63, 3.8) is 0 Å². The summed E-state index contributed by atoms with van der Waals surface area (Å²) >= 11 is 0. The molecule has 0 unspecified atom stereocenters. The van der Waals surface area contributed by atoms with Gasteiger partial charge in [-0.2, -0.15) is 0 Å². The van der Waals surface area contributed by atoms with Crippen LogP contribution in [0.15, 0.2) is 0 Å². The predicted molar refractivity (Wildman–Crippen MR) is 76.7 cm³/mol. The second-order valence-corrected chi connectivity index (χ2v) is 5.37. The Hall–Kier alpha value is -0.730. The summed E-state index contributed by atoms with van der Waals surface area (Å²) in [5.74, 6) is 6.53. The lowest BCUT2D eigenvalue weighted by Crippen LogP contribution is -3.00. The van der Waals surface area contributed by atoms with Crippen LogP contribution in [0.2, 0.25) is 0 Å². The number of unbranched alkanes of at least 4 members (excludes halogenated alkanes) is 2. The van der Waals surface area contributed by atoms with Crippen molar-refractivity contribution in [1.29, 1.82) is 0 Å². The van der Waals surface area contributed by atoms with E-state index in [1.165, 1.54) is 12.8 Å². The van der Waals surface area contributed by atoms with Crippen LogP contribution in [0.3, 0.4) is 0 Å². The highest BCUT2D eigenvalue weighted by molar-refractivity contribution is 5.67. The Morgan fingerprint density at radius 1 is 1.25 bits per heavy atom. The molecule has 1 aliphatic rings. The molecule has 0 aromatic rings. The van der Waals surface area contributed by atoms with E-state index in [1.807, 2.05) is 6.92 Å². The number of quaternary nitrogens is 1. The number of ether oxygens (including phenoxy) is 1. The Morgan fingerprint density at radius 2 is 1.90 bits per heavy atom. The van der Waals surface area contributed by atoms with Crippen molar-refractivity contribution in [1.82, 2.24) is 4.90 Å². The molecule has 0 radical (unpaired) electrons. The molecule has 1 rings (SSSR count). The summed E-state index contributed by atoms with van der Waals surface area (Å²) in [6.45, 7) is 8.82.